The molecule has 6 rings (SSSR count). The summed E-state index contributed by atoms with van der Waals surface area (Å²) < 4.78 is 47.0. The normalized spacial score (nSPS) is 20.1. The van der Waals surface area contributed by atoms with Crippen molar-refractivity contribution in [3.63, 3.8) is 0 Å². The topological polar surface area (TPSA) is 105 Å². The van der Waals surface area contributed by atoms with Crippen LogP contribution in [0.4, 0.5) is 5.69 Å². The van der Waals surface area contributed by atoms with Crippen molar-refractivity contribution in [1.82, 2.24) is 14.8 Å². The molecule has 0 radical (unpaired) electrons. The Labute approximate surface area is 274 Å². The van der Waals surface area contributed by atoms with E-state index in [0.29, 0.717) is 53.0 Å². The second-order valence-electron chi connectivity index (χ2n) is 11.9. The van der Waals surface area contributed by atoms with Crippen LogP contribution in [0.15, 0.2) is 82.4 Å². The highest BCUT2D eigenvalue weighted by molar-refractivity contribution is 7.93. The summed E-state index contributed by atoms with van der Waals surface area (Å²) in [7, 11) is 0.672. The van der Waals surface area contributed by atoms with Crippen LogP contribution in [0.25, 0.3) is 0 Å². The number of fused-ring (bicyclic) bond motifs is 1. The molecule has 2 atom stereocenters. The summed E-state index contributed by atoms with van der Waals surface area (Å²) in [5, 5.41) is 0.362. The lowest BCUT2D eigenvalue weighted by Crippen LogP contribution is -2.54. The van der Waals surface area contributed by atoms with Crippen LogP contribution in [0.2, 0.25) is 5.02 Å². The predicted molar refractivity (Wildman–Crippen MR) is 175 cm³/mol. The number of benzene rings is 3. The lowest BCUT2D eigenvalue weighted by molar-refractivity contribution is -0.127. The number of sulfonamides is 1. The van der Waals surface area contributed by atoms with Crippen molar-refractivity contribution < 1.29 is 27.1 Å². The Balaban J connectivity index is 1.65. The molecule has 3 aromatic carbocycles. The van der Waals surface area contributed by atoms with Crippen molar-refractivity contribution in [3.8, 4) is 11.5 Å². The summed E-state index contributed by atoms with van der Waals surface area (Å²) in [6.45, 7) is 5.27. The van der Waals surface area contributed by atoms with E-state index < -0.39 is 27.5 Å². The fourth-order valence-electron chi connectivity index (χ4n) is 6.56. The van der Waals surface area contributed by atoms with E-state index in [2.05, 4.69) is 23.7 Å². The van der Waals surface area contributed by atoms with Gasteiger partial charge in [0.2, 0.25) is 5.89 Å². The number of amides is 1. The molecule has 0 bridgehead atoms. The fraction of sp³-hybridized carbons (Fsp3) is 0.353. The van der Waals surface area contributed by atoms with Crippen molar-refractivity contribution in [2.75, 3.05) is 32.1 Å². The van der Waals surface area contributed by atoms with Gasteiger partial charge in [0, 0.05) is 35.3 Å². The summed E-state index contributed by atoms with van der Waals surface area (Å²) in [4.78, 5) is 24.1. The lowest BCUT2D eigenvalue weighted by atomic mass is 9.80. The van der Waals surface area contributed by atoms with Gasteiger partial charge in [-0.15, -0.1) is 0 Å². The number of hydrogen-bond acceptors (Lipinski definition) is 9. The van der Waals surface area contributed by atoms with Crippen molar-refractivity contribution in [1.29, 1.82) is 0 Å². The van der Waals surface area contributed by atoms with Crippen molar-refractivity contribution >= 4 is 33.2 Å². The smallest absolute Gasteiger partial charge is 0.271 e. The SMILES string of the molecule is COc1ccc(S(=O)(=O)N2C(=O)C(c3cc(CN(C)C(C)C)ccc3OC)(N3CCCC3c3ncco3)c3cc(Cl)ccc32)cc1. The summed E-state index contributed by atoms with van der Waals surface area (Å²) in [6.07, 6.45) is 4.45. The number of nitrogens with zero attached hydrogens (tertiary/aromatic N) is 4. The third-order valence-electron chi connectivity index (χ3n) is 9.05. The van der Waals surface area contributed by atoms with E-state index >= 15 is 4.79 Å². The number of likely N-dealkylation sites (tertiary alicyclic amines) is 1. The minimum absolute atomic E-state index is 0.0525. The summed E-state index contributed by atoms with van der Waals surface area (Å²) >= 11 is 6.67. The number of hydrogen-bond donors (Lipinski definition) is 0. The molecule has 2 aliphatic heterocycles. The largest absolute Gasteiger partial charge is 0.497 e. The minimum atomic E-state index is -4.41. The van der Waals surface area contributed by atoms with Crippen LogP contribution in [0.5, 0.6) is 11.5 Å². The zero-order valence-electron chi connectivity index (χ0n) is 26.4. The van der Waals surface area contributed by atoms with Crippen LogP contribution in [-0.4, -0.2) is 63.0 Å². The van der Waals surface area contributed by atoms with Crippen LogP contribution in [-0.2, 0) is 26.9 Å². The molecular formula is C34H37ClN4O6S. The third-order valence-corrected chi connectivity index (χ3v) is 11.0. The number of rotatable bonds is 10. The molecule has 1 fully saturated rings. The van der Waals surface area contributed by atoms with E-state index in [4.69, 9.17) is 25.5 Å². The number of ether oxygens (including phenoxy) is 2. The molecule has 242 valence electrons. The van der Waals surface area contributed by atoms with E-state index in [9.17, 15) is 8.42 Å². The quantitative estimate of drug-likeness (QED) is 0.202. The first kappa shape index (κ1) is 32.1. The van der Waals surface area contributed by atoms with E-state index in [-0.39, 0.29) is 16.6 Å². The zero-order valence-corrected chi connectivity index (χ0v) is 28.0. The summed E-state index contributed by atoms with van der Waals surface area (Å²) in [5.74, 6) is 0.718. The predicted octanol–water partition coefficient (Wildman–Crippen LogP) is 6.00. The molecule has 2 unspecified atom stereocenters. The van der Waals surface area contributed by atoms with Crippen LogP contribution >= 0.6 is 11.6 Å². The van der Waals surface area contributed by atoms with Gasteiger partial charge < -0.3 is 13.9 Å². The maximum Gasteiger partial charge on any atom is 0.271 e. The van der Waals surface area contributed by atoms with Crippen molar-refractivity contribution in [3.05, 3.63) is 101 Å². The maximum atomic E-state index is 15.5. The molecule has 3 heterocycles. The van der Waals surface area contributed by atoms with E-state index in [0.717, 1.165) is 16.3 Å². The first-order chi connectivity index (χ1) is 22.0. The highest BCUT2D eigenvalue weighted by Gasteiger charge is 2.62. The van der Waals surface area contributed by atoms with Gasteiger partial charge in [-0.1, -0.05) is 17.7 Å². The van der Waals surface area contributed by atoms with Crippen LogP contribution in [0, 0.1) is 0 Å². The van der Waals surface area contributed by atoms with Gasteiger partial charge in [-0.2, -0.15) is 0 Å². The molecule has 1 amide bonds. The zero-order chi connectivity index (χ0) is 32.8. The Hall–Kier alpha value is -3.90. The number of carbonyl (C=O) groups excluding carboxylic acids is 1. The average Bonchev–Trinajstić information content (AvgIpc) is 3.80. The van der Waals surface area contributed by atoms with Crippen molar-refractivity contribution in [2.24, 2.45) is 0 Å². The third kappa shape index (κ3) is 5.15. The molecule has 0 aliphatic carbocycles. The Morgan fingerprint density at radius 1 is 1.07 bits per heavy atom. The first-order valence-electron chi connectivity index (χ1n) is 15.1. The Kier molecular flexibility index (Phi) is 8.62. The standard InChI is InChI=1S/C34H37ClN4O6S/c1-22(2)37(3)21-23-8-15-31(44-5)28(19-23)34(38-17-6-7-30(38)32-36-16-18-45-32)27-20-24(35)9-14-29(27)39(33(34)40)46(41,42)26-12-10-25(43-4)11-13-26/h8-16,18-20,22,30H,6-7,17,21H2,1-5H3. The monoisotopic (exact) mass is 664 g/mol. The molecule has 1 aromatic heterocycles. The van der Waals surface area contributed by atoms with Gasteiger partial charge in [0.1, 0.15) is 17.8 Å². The highest BCUT2D eigenvalue weighted by Crippen LogP contribution is 2.57. The van der Waals surface area contributed by atoms with Gasteiger partial charge in [0.15, 0.2) is 5.54 Å². The van der Waals surface area contributed by atoms with E-state index in [1.807, 2.05) is 30.1 Å². The molecule has 2 aliphatic rings. The maximum absolute atomic E-state index is 15.5. The Morgan fingerprint density at radius 3 is 2.48 bits per heavy atom. The van der Waals surface area contributed by atoms with Gasteiger partial charge in [0.25, 0.3) is 15.9 Å². The number of methoxy groups -OCH3 is 2. The highest BCUT2D eigenvalue weighted by atomic mass is 35.5. The van der Waals surface area contributed by atoms with Crippen LogP contribution in [0.3, 0.4) is 0 Å². The number of carbonyl (C=O) groups is 1. The second-order valence-corrected chi connectivity index (χ2v) is 14.1. The van der Waals surface area contributed by atoms with Crippen molar-refractivity contribution in [2.45, 2.75) is 55.8 Å². The second kappa shape index (κ2) is 12.4. The average molecular weight is 665 g/mol. The first-order valence-corrected chi connectivity index (χ1v) is 16.9. The fourth-order valence-corrected chi connectivity index (χ4v) is 8.19. The summed E-state index contributed by atoms with van der Waals surface area (Å²) in [5.41, 5.74) is 0.450. The lowest BCUT2D eigenvalue weighted by Gasteiger charge is -2.41. The molecule has 0 N–H and O–H groups in total. The molecule has 12 heteroatoms. The van der Waals surface area contributed by atoms with Crippen LogP contribution in [0.1, 0.15) is 55.3 Å². The molecule has 1 saturated heterocycles. The number of oxazole rings is 1. The molecule has 4 aromatic rings. The van der Waals surface area contributed by atoms with Gasteiger partial charge >= 0.3 is 0 Å². The summed E-state index contributed by atoms with van der Waals surface area (Å²) in [6, 6.07) is 16.5. The van der Waals surface area contributed by atoms with E-state index in [1.54, 1.807) is 43.6 Å². The molecule has 46 heavy (non-hydrogen) atoms. The van der Waals surface area contributed by atoms with E-state index in [1.165, 1.54) is 25.5 Å². The van der Waals surface area contributed by atoms with Gasteiger partial charge in [-0.05, 0) is 93.9 Å². The minimum Gasteiger partial charge on any atom is -0.497 e. The van der Waals surface area contributed by atoms with Gasteiger partial charge in [-0.25, -0.2) is 17.7 Å². The number of halogens is 1. The van der Waals surface area contributed by atoms with Gasteiger partial charge in [-0.3, -0.25) is 14.6 Å². The molecule has 0 spiro atoms. The number of aromatic nitrogens is 1. The molecule has 0 saturated carbocycles. The molecule has 10 nitrogen and oxygen atoms in total. The van der Waals surface area contributed by atoms with Gasteiger partial charge in [0.05, 0.1) is 37.0 Å². The van der Waals surface area contributed by atoms with Crippen LogP contribution < -0.4 is 13.8 Å². The Bertz CT molecular complexity index is 1850. The molecular weight excluding hydrogens is 628 g/mol. The number of anilines is 1. The Morgan fingerprint density at radius 2 is 1.83 bits per heavy atom.